The van der Waals surface area contributed by atoms with Gasteiger partial charge in [-0.15, -0.1) is 0 Å². The molecular weight excluding hydrogens is 436 g/mol. The summed E-state index contributed by atoms with van der Waals surface area (Å²) in [7, 11) is 0. The molecule has 2 atom stereocenters. The summed E-state index contributed by atoms with van der Waals surface area (Å²) in [5, 5.41) is 3.82. The van der Waals surface area contributed by atoms with Crippen LogP contribution in [0.1, 0.15) is 50.8 Å². The second-order valence-corrected chi connectivity index (χ2v) is 10.7. The second-order valence-electron chi connectivity index (χ2n) is 10.3. The van der Waals surface area contributed by atoms with Crippen molar-refractivity contribution in [3.05, 3.63) is 52.5 Å². The highest BCUT2D eigenvalue weighted by Gasteiger charge is 2.42. The minimum Gasteiger partial charge on any atom is -0.492 e. The van der Waals surface area contributed by atoms with Crippen LogP contribution in [0.3, 0.4) is 0 Å². The number of benzene rings is 2. The lowest BCUT2D eigenvalue weighted by Crippen LogP contribution is -2.53. The summed E-state index contributed by atoms with van der Waals surface area (Å²) in [5.41, 5.74) is 4.51. The fraction of sp³-hybridized carbons (Fsp3) is 0.519. The van der Waals surface area contributed by atoms with Crippen molar-refractivity contribution in [1.82, 2.24) is 10.2 Å². The molecule has 6 rings (SSSR count). The molecule has 3 fully saturated rings. The van der Waals surface area contributed by atoms with E-state index in [1.54, 1.807) is 0 Å². The van der Waals surface area contributed by atoms with E-state index in [0.717, 1.165) is 50.0 Å². The minimum atomic E-state index is -0.290. The van der Waals surface area contributed by atoms with Crippen LogP contribution < -0.4 is 10.1 Å². The molecule has 6 heteroatoms. The first-order valence-corrected chi connectivity index (χ1v) is 12.5. The van der Waals surface area contributed by atoms with Gasteiger partial charge >= 0.3 is 6.09 Å². The van der Waals surface area contributed by atoms with Crippen LogP contribution in [0, 0.1) is 11.3 Å². The molecule has 0 saturated carbocycles. The molecule has 3 heterocycles. The van der Waals surface area contributed by atoms with Crippen molar-refractivity contribution >= 4 is 17.7 Å². The van der Waals surface area contributed by atoms with Crippen LogP contribution in [0.4, 0.5) is 4.79 Å². The third kappa shape index (κ3) is 4.45. The summed E-state index contributed by atoms with van der Waals surface area (Å²) in [6.07, 6.45) is 2.89. The van der Waals surface area contributed by atoms with Crippen LogP contribution in [0.2, 0.25) is 5.02 Å². The smallest absolute Gasteiger partial charge is 0.407 e. The topological polar surface area (TPSA) is 50.8 Å². The molecule has 0 aromatic heterocycles. The molecule has 2 aromatic rings. The molecule has 0 radical (unpaired) electrons. The van der Waals surface area contributed by atoms with E-state index in [1.165, 1.54) is 11.1 Å². The van der Waals surface area contributed by atoms with Gasteiger partial charge in [-0.1, -0.05) is 49.7 Å². The third-order valence-electron chi connectivity index (χ3n) is 7.56. The highest BCUT2D eigenvalue weighted by atomic mass is 35.5. The van der Waals surface area contributed by atoms with Gasteiger partial charge in [-0.25, -0.2) is 4.79 Å². The Labute approximate surface area is 201 Å². The number of halogens is 1. The average Bonchev–Trinajstić information content (AvgIpc) is 3.04. The van der Waals surface area contributed by atoms with E-state index < -0.39 is 0 Å². The molecule has 1 aliphatic carbocycles. The lowest BCUT2D eigenvalue weighted by Gasteiger charge is -2.44. The number of hydrogen-bond acceptors (Lipinski definition) is 4. The molecular formula is C27H33ClN2O3. The van der Waals surface area contributed by atoms with Gasteiger partial charge in [-0.2, -0.15) is 0 Å². The predicted octanol–water partition coefficient (Wildman–Crippen LogP) is 5.85. The van der Waals surface area contributed by atoms with E-state index in [0.29, 0.717) is 23.3 Å². The van der Waals surface area contributed by atoms with Gasteiger partial charge < -0.3 is 14.8 Å². The normalized spacial score (nSPS) is 27.2. The average molecular weight is 469 g/mol. The summed E-state index contributed by atoms with van der Waals surface area (Å²) in [6, 6.07) is 12.3. The number of nitrogens with one attached hydrogen (secondary N) is 1. The monoisotopic (exact) mass is 468 g/mol. The van der Waals surface area contributed by atoms with Crippen molar-refractivity contribution in [2.45, 2.75) is 52.2 Å². The molecule has 5 nitrogen and oxygen atoms in total. The Morgan fingerprint density at radius 2 is 1.88 bits per heavy atom. The maximum absolute atomic E-state index is 12.9. The van der Waals surface area contributed by atoms with Crippen LogP contribution in [0.5, 0.6) is 5.75 Å². The van der Waals surface area contributed by atoms with E-state index in [4.69, 9.17) is 21.1 Å². The van der Waals surface area contributed by atoms with E-state index in [9.17, 15) is 4.79 Å². The van der Waals surface area contributed by atoms with Gasteiger partial charge in [0.05, 0.1) is 17.7 Å². The Kier molecular flexibility index (Phi) is 6.04. The highest BCUT2D eigenvalue weighted by Crippen LogP contribution is 2.46. The SMILES string of the molecule is CCOc1ccc(-c2ccc3c(c2)CC(C)(C)C3NC(=O)O[C@@H]2CN3CCC2CC3)cc1Cl. The number of carbonyl (C=O) groups is 1. The number of amides is 1. The van der Waals surface area contributed by atoms with Gasteiger partial charge in [0, 0.05) is 6.54 Å². The van der Waals surface area contributed by atoms with Crippen molar-refractivity contribution in [3.63, 3.8) is 0 Å². The van der Waals surface area contributed by atoms with Crippen molar-refractivity contribution in [3.8, 4) is 16.9 Å². The zero-order valence-electron chi connectivity index (χ0n) is 19.7. The Balaban J connectivity index is 1.32. The standard InChI is InChI=1S/C27H33ClN2O3/c1-4-32-23-8-6-19(14-22(23)28)18-5-7-21-20(13-18)15-27(2,3)25(21)29-26(31)33-24-16-30-11-9-17(24)10-12-30/h5-8,13-14,17,24-25H,4,9-12,15-16H2,1-3H3,(H,29,31)/t24-,25?/m1/s1. The molecule has 1 N–H and O–H groups in total. The van der Waals surface area contributed by atoms with Crippen LogP contribution in [0.25, 0.3) is 11.1 Å². The molecule has 176 valence electrons. The van der Waals surface area contributed by atoms with Gasteiger partial charge in [-0.05, 0) is 85.0 Å². The number of ether oxygens (including phenoxy) is 2. The van der Waals surface area contributed by atoms with Crippen LogP contribution in [-0.4, -0.2) is 43.3 Å². The lowest BCUT2D eigenvalue weighted by atomic mass is 9.85. The van der Waals surface area contributed by atoms with Gasteiger partial charge in [-0.3, -0.25) is 4.90 Å². The van der Waals surface area contributed by atoms with Crippen molar-refractivity contribution in [1.29, 1.82) is 0 Å². The molecule has 0 spiro atoms. The van der Waals surface area contributed by atoms with Crippen molar-refractivity contribution in [2.75, 3.05) is 26.2 Å². The highest BCUT2D eigenvalue weighted by molar-refractivity contribution is 6.32. The Morgan fingerprint density at radius 3 is 2.55 bits per heavy atom. The Hall–Kier alpha value is -2.24. The lowest BCUT2D eigenvalue weighted by molar-refractivity contribution is -0.0348. The summed E-state index contributed by atoms with van der Waals surface area (Å²) >= 11 is 6.42. The molecule has 4 aliphatic rings. The van der Waals surface area contributed by atoms with Crippen LogP contribution in [0.15, 0.2) is 36.4 Å². The van der Waals surface area contributed by atoms with Gasteiger partial charge in [0.1, 0.15) is 11.9 Å². The maximum Gasteiger partial charge on any atom is 0.407 e. The molecule has 1 amide bonds. The number of hydrogen-bond donors (Lipinski definition) is 1. The van der Waals surface area contributed by atoms with E-state index in [1.807, 2.05) is 25.1 Å². The van der Waals surface area contributed by atoms with Crippen molar-refractivity contribution < 1.29 is 14.3 Å². The van der Waals surface area contributed by atoms with E-state index >= 15 is 0 Å². The Bertz CT molecular complexity index is 1050. The Morgan fingerprint density at radius 1 is 1.15 bits per heavy atom. The second kappa shape index (κ2) is 8.84. The van der Waals surface area contributed by atoms with Crippen LogP contribution >= 0.6 is 11.6 Å². The zero-order chi connectivity index (χ0) is 23.2. The van der Waals surface area contributed by atoms with E-state index in [2.05, 4.69) is 42.3 Å². The summed E-state index contributed by atoms with van der Waals surface area (Å²) in [4.78, 5) is 15.3. The number of nitrogens with zero attached hydrogens (tertiary/aromatic N) is 1. The molecule has 3 aliphatic heterocycles. The first-order valence-electron chi connectivity index (χ1n) is 12.1. The van der Waals surface area contributed by atoms with Gasteiger partial charge in [0.2, 0.25) is 0 Å². The molecule has 1 unspecified atom stereocenters. The summed E-state index contributed by atoms with van der Waals surface area (Å²) < 4.78 is 11.5. The van der Waals surface area contributed by atoms with E-state index in [-0.39, 0.29) is 23.7 Å². The largest absolute Gasteiger partial charge is 0.492 e. The predicted molar refractivity (Wildman–Crippen MR) is 131 cm³/mol. The number of rotatable bonds is 5. The van der Waals surface area contributed by atoms with Crippen LogP contribution in [-0.2, 0) is 11.2 Å². The first-order chi connectivity index (χ1) is 15.8. The minimum absolute atomic E-state index is 0.0169. The fourth-order valence-electron chi connectivity index (χ4n) is 5.79. The molecule has 2 aromatic carbocycles. The number of piperidine rings is 3. The summed E-state index contributed by atoms with van der Waals surface area (Å²) in [6.45, 7) is 10.1. The third-order valence-corrected chi connectivity index (χ3v) is 7.86. The first kappa shape index (κ1) is 22.5. The molecule has 33 heavy (non-hydrogen) atoms. The van der Waals surface area contributed by atoms with Gasteiger partial charge in [0.15, 0.2) is 0 Å². The van der Waals surface area contributed by atoms with Gasteiger partial charge in [0.25, 0.3) is 0 Å². The number of carbonyl (C=O) groups excluding carboxylic acids is 1. The van der Waals surface area contributed by atoms with Crippen molar-refractivity contribution in [2.24, 2.45) is 11.3 Å². The molecule has 2 bridgehead atoms. The zero-order valence-corrected chi connectivity index (χ0v) is 20.5. The quantitative estimate of drug-likeness (QED) is 0.598. The maximum atomic E-state index is 12.9. The summed E-state index contributed by atoms with van der Waals surface area (Å²) in [5.74, 6) is 1.21. The number of alkyl carbamates (subject to hydrolysis) is 1. The number of fused-ring (bicyclic) bond motifs is 4. The molecule has 3 saturated heterocycles. The fourth-order valence-corrected chi connectivity index (χ4v) is 6.03.